The van der Waals surface area contributed by atoms with Crippen LogP contribution >= 0.6 is 11.3 Å². The number of rotatable bonds is 2. The van der Waals surface area contributed by atoms with Crippen molar-refractivity contribution in [2.45, 2.75) is 38.4 Å². The molecule has 2 unspecified atom stereocenters. The minimum absolute atomic E-state index is 0.401. The molecule has 78 valence electrons. The number of nitrogens with zero attached hydrogens (tertiary/aromatic N) is 2. The summed E-state index contributed by atoms with van der Waals surface area (Å²) in [4.78, 5) is 6.78. The van der Waals surface area contributed by atoms with Gasteiger partial charge < -0.3 is 5.73 Å². The standard InChI is InChI=1S/C10H17N3S/c1-8-6-9(11)2-4-13(8)7-10-12-3-5-14-10/h3,5,8-9H,2,4,6-7,11H2,1H3. The SMILES string of the molecule is CC1CC(N)CCN1Cc1nccs1. The highest BCUT2D eigenvalue weighted by Gasteiger charge is 2.23. The fourth-order valence-corrected chi connectivity index (χ4v) is 2.64. The quantitative estimate of drug-likeness (QED) is 0.805. The lowest BCUT2D eigenvalue weighted by atomic mass is 9.99. The Hall–Kier alpha value is -0.450. The van der Waals surface area contributed by atoms with Gasteiger partial charge in [-0.25, -0.2) is 4.98 Å². The molecule has 1 aromatic heterocycles. The number of aromatic nitrogens is 1. The van der Waals surface area contributed by atoms with E-state index in [1.165, 1.54) is 5.01 Å². The van der Waals surface area contributed by atoms with Gasteiger partial charge in [0.15, 0.2) is 0 Å². The van der Waals surface area contributed by atoms with Crippen LogP contribution in [0, 0.1) is 0 Å². The Bertz CT molecular complexity index is 273. The molecule has 2 heterocycles. The zero-order valence-corrected chi connectivity index (χ0v) is 9.33. The third-order valence-electron chi connectivity index (χ3n) is 2.88. The lowest BCUT2D eigenvalue weighted by molar-refractivity contribution is 0.140. The summed E-state index contributed by atoms with van der Waals surface area (Å²) >= 11 is 1.74. The molecular formula is C10H17N3S. The van der Waals surface area contributed by atoms with E-state index in [9.17, 15) is 0 Å². The molecular weight excluding hydrogens is 194 g/mol. The van der Waals surface area contributed by atoms with Crippen molar-refractivity contribution in [3.05, 3.63) is 16.6 Å². The van der Waals surface area contributed by atoms with Gasteiger partial charge in [-0.05, 0) is 19.8 Å². The van der Waals surface area contributed by atoms with Crippen molar-refractivity contribution in [2.24, 2.45) is 5.73 Å². The Labute approximate surface area is 88.9 Å². The molecule has 3 nitrogen and oxygen atoms in total. The highest BCUT2D eigenvalue weighted by atomic mass is 32.1. The first kappa shape index (κ1) is 10.1. The molecule has 0 saturated carbocycles. The molecule has 0 aromatic carbocycles. The van der Waals surface area contributed by atoms with Crippen LogP contribution in [0.2, 0.25) is 0 Å². The highest BCUT2D eigenvalue weighted by molar-refractivity contribution is 7.09. The fourth-order valence-electron chi connectivity index (χ4n) is 2.00. The number of hydrogen-bond donors (Lipinski definition) is 1. The average Bonchev–Trinajstić information content (AvgIpc) is 2.62. The van der Waals surface area contributed by atoms with Crippen LogP contribution in [0.15, 0.2) is 11.6 Å². The molecule has 1 saturated heterocycles. The third-order valence-corrected chi connectivity index (χ3v) is 3.64. The molecule has 1 aliphatic heterocycles. The number of thiazole rings is 1. The summed E-state index contributed by atoms with van der Waals surface area (Å²) in [6.07, 6.45) is 4.11. The number of likely N-dealkylation sites (tertiary alicyclic amines) is 1. The van der Waals surface area contributed by atoms with E-state index in [-0.39, 0.29) is 0 Å². The minimum Gasteiger partial charge on any atom is -0.328 e. The molecule has 0 spiro atoms. The van der Waals surface area contributed by atoms with E-state index in [1.807, 2.05) is 11.6 Å². The van der Waals surface area contributed by atoms with E-state index in [4.69, 9.17) is 5.73 Å². The zero-order chi connectivity index (χ0) is 9.97. The predicted octanol–water partition coefficient (Wildman–Crippen LogP) is 1.45. The van der Waals surface area contributed by atoms with Crippen LogP contribution in [0.25, 0.3) is 0 Å². The van der Waals surface area contributed by atoms with E-state index in [1.54, 1.807) is 11.3 Å². The Morgan fingerprint density at radius 2 is 2.57 bits per heavy atom. The molecule has 0 amide bonds. The van der Waals surface area contributed by atoms with E-state index < -0.39 is 0 Å². The van der Waals surface area contributed by atoms with Gasteiger partial charge in [0.25, 0.3) is 0 Å². The second-order valence-corrected chi connectivity index (χ2v) is 5.01. The molecule has 1 aliphatic rings. The second-order valence-electron chi connectivity index (χ2n) is 4.03. The van der Waals surface area contributed by atoms with Gasteiger partial charge in [0, 0.05) is 30.2 Å². The van der Waals surface area contributed by atoms with Gasteiger partial charge in [-0.1, -0.05) is 0 Å². The van der Waals surface area contributed by atoms with Crippen LogP contribution < -0.4 is 5.73 Å². The van der Waals surface area contributed by atoms with Crippen LogP contribution in [0.1, 0.15) is 24.8 Å². The Balaban J connectivity index is 1.92. The maximum Gasteiger partial charge on any atom is 0.107 e. The van der Waals surface area contributed by atoms with Gasteiger partial charge in [0.05, 0.1) is 6.54 Å². The summed E-state index contributed by atoms with van der Waals surface area (Å²) < 4.78 is 0. The lowest BCUT2D eigenvalue weighted by Gasteiger charge is -2.35. The van der Waals surface area contributed by atoms with Crippen LogP contribution in [0.5, 0.6) is 0 Å². The molecule has 0 radical (unpaired) electrons. The predicted molar refractivity (Wildman–Crippen MR) is 59.2 cm³/mol. The van der Waals surface area contributed by atoms with E-state index in [2.05, 4.69) is 16.8 Å². The molecule has 0 aliphatic carbocycles. The zero-order valence-electron chi connectivity index (χ0n) is 8.52. The smallest absolute Gasteiger partial charge is 0.107 e. The van der Waals surface area contributed by atoms with E-state index >= 15 is 0 Å². The molecule has 2 atom stereocenters. The van der Waals surface area contributed by atoms with Crippen LogP contribution in [0.4, 0.5) is 0 Å². The molecule has 4 heteroatoms. The second kappa shape index (κ2) is 4.38. The van der Waals surface area contributed by atoms with Gasteiger partial charge in [-0.15, -0.1) is 11.3 Å². The molecule has 14 heavy (non-hydrogen) atoms. The summed E-state index contributed by atoms with van der Waals surface area (Å²) in [7, 11) is 0. The van der Waals surface area contributed by atoms with Crippen molar-refractivity contribution < 1.29 is 0 Å². The molecule has 1 fully saturated rings. The van der Waals surface area contributed by atoms with E-state index in [0.29, 0.717) is 12.1 Å². The number of nitrogens with two attached hydrogens (primary N) is 1. The normalized spacial score (nSPS) is 29.3. The van der Waals surface area contributed by atoms with Gasteiger partial charge >= 0.3 is 0 Å². The molecule has 2 rings (SSSR count). The minimum atomic E-state index is 0.401. The van der Waals surface area contributed by atoms with Crippen LogP contribution in [0.3, 0.4) is 0 Å². The van der Waals surface area contributed by atoms with Crippen molar-refractivity contribution in [1.29, 1.82) is 0 Å². The summed E-state index contributed by atoms with van der Waals surface area (Å²) in [6.45, 7) is 4.36. The third kappa shape index (κ3) is 2.32. The van der Waals surface area contributed by atoms with Gasteiger partial charge in [-0.2, -0.15) is 0 Å². The summed E-state index contributed by atoms with van der Waals surface area (Å²) in [5.74, 6) is 0. The average molecular weight is 211 g/mol. The first-order valence-electron chi connectivity index (χ1n) is 5.13. The topological polar surface area (TPSA) is 42.1 Å². The monoisotopic (exact) mass is 211 g/mol. The lowest BCUT2D eigenvalue weighted by Crippen LogP contribution is -2.44. The van der Waals surface area contributed by atoms with Crippen molar-refractivity contribution in [2.75, 3.05) is 6.54 Å². The molecule has 1 aromatic rings. The summed E-state index contributed by atoms with van der Waals surface area (Å²) in [6, 6.07) is 1.00. The van der Waals surface area contributed by atoms with Crippen molar-refractivity contribution in [3.8, 4) is 0 Å². The van der Waals surface area contributed by atoms with Gasteiger partial charge in [0.1, 0.15) is 5.01 Å². The molecule has 0 bridgehead atoms. The summed E-state index contributed by atoms with van der Waals surface area (Å²) in [5.41, 5.74) is 5.92. The van der Waals surface area contributed by atoms with E-state index in [0.717, 1.165) is 25.9 Å². The van der Waals surface area contributed by atoms with Gasteiger partial charge in [0.2, 0.25) is 0 Å². The number of hydrogen-bond acceptors (Lipinski definition) is 4. The first-order chi connectivity index (χ1) is 6.75. The molecule has 2 N–H and O–H groups in total. The van der Waals surface area contributed by atoms with Crippen LogP contribution in [-0.4, -0.2) is 28.5 Å². The fraction of sp³-hybridized carbons (Fsp3) is 0.700. The Morgan fingerprint density at radius 3 is 3.21 bits per heavy atom. The van der Waals surface area contributed by atoms with Crippen molar-refractivity contribution in [3.63, 3.8) is 0 Å². The highest BCUT2D eigenvalue weighted by Crippen LogP contribution is 2.19. The Kier molecular flexibility index (Phi) is 3.15. The van der Waals surface area contributed by atoms with Gasteiger partial charge in [-0.3, -0.25) is 4.90 Å². The summed E-state index contributed by atoms with van der Waals surface area (Å²) in [5, 5.41) is 3.25. The van der Waals surface area contributed by atoms with Crippen LogP contribution in [-0.2, 0) is 6.54 Å². The maximum absolute atomic E-state index is 5.92. The largest absolute Gasteiger partial charge is 0.328 e. The van der Waals surface area contributed by atoms with Crippen molar-refractivity contribution in [1.82, 2.24) is 9.88 Å². The van der Waals surface area contributed by atoms with Crippen molar-refractivity contribution >= 4 is 11.3 Å². The Morgan fingerprint density at radius 1 is 1.71 bits per heavy atom. The first-order valence-corrected chi connectivity index (χ1v) is 6.01. The number of piperidine rings is 1. The maximum atomic E-state index is 5.92.